The quantitative estimate of drug-likeness (QED) is 0.779. The Bertz CT molecular complexity index is 829. The lowest BCUT2D eigenvalue weighted by atomic mass is 9.96. The van der Waals surface area contributed by atoms with Crippen LogP contribution in [0.15, 0.2) is 22.7 Å². The number of amides is 1. The molecule has 1 aliphatic carbocycles. The van der Waals surface area contributed by atoms with Crippen LogP contribution in [0, 0.1) is 5.92 Å². The number of nitrogens with one attached hydrogen (secondary N) is 1. The lowest BCUT2D eigenvalue weighted by Gasteiger charge is -2.21. The monoisotopic (exact) mass is 367 g/mol. The average molecular weight is 367 g/mol. The highest BCUT2D eigenvalue weighted by atomic mass is 32.2. The SMILES string of the molecule is Cn1cnc(S(=O)(=O)N2CCC3(CC(C(=O)NCC4CC4)=NO3)C2)c1. The molecule has 0 aromatic carbocycles. The van der Waals surface area contributed by atoms with Gasteiger partial charge in [-0.05, 0) is 18.8 Å². The highest BCUT2D eigenvalue weighted by Crippen LogP contribution is 2.36. The van der Waals surface area contributed by atoms with Crippen LogP contribution in [0.4, 0.5) is 0 Å². The molecule has 1 aromatic heterocycles. The van der Waals surface area contributed by atoms with Crippen molar-refractivity contribution >= 4 is 21.6 Å². The maximum absolute atomic E-state index is 12.7. The Labute approximate surface area is 146 Å². The number of hydrogen-bond donors (Lipinski definition) is 1. The van der Waals surface area contributed by atoms with Crippen molar-refractivity contribution in [1.82, 2.24) is 19.2 Å². The molecule has 3 heterocycles. The predicted molar refractivity (Wildman–Crippen MR) is 88.2 cm³/mol. The number of imidazole rings is 1. The molecule has 1 N–H and O–H groups in total. The van der Waals surface area contributed by atoms with E-state index in [-0.39, 0.29) is 17.5 Å². The van der Waals surface area contributed by atoms with Gasteiger partial charge in [0.15, 0.2) is 10.6 Å². The third-order valence-corrected chi connectivity index (χ3v) is 6.65. The number of sulfonamides is 1. The second kappa shape index (κ2) is 5.80. The van der Waals surface area contributed by atoms with Gasteiger partial charge >= 0.3 is 0 Å². The van der Waals surface area contributed by atoms with E-state index >= 15 is 0 Å². The first kappa shape index (κ1) is 16.5. The molecule has 0 radical (unpaired) electrons. The maximum Gasteiger partial charge on any atom is 0.269 e. The van der Waals surface area contributed by atoms with Crippen LogP contribution in [0.25, 0.3) is 0 Å². The molecule has 1 atom stereocenters. The molecular weight excluding hydrogens is 346 g/mol. The van der Waals surface area contributed by atoms with Gasteiger partial charge in [0.1, 0.15) is 5.71 Å². The van der Waals surface area contributed by atoms with Crippen LogP contribution in [-0.4, -0.2) is 59.1 Å². The highest BCUT2D eigenvalue weighted by molar-refractivity contribution is 7.89. The third kappa shape index (κ3) is 3.15. The smallest absolute Gasteiger partial charge is 0.269 e. The van der Waals surface area contributed by atoms with Crippen LogP contribution in [-0.2, 0) is 26.7 Å². The van der Waals surface area contributed by atoms with E-state index in [0.29, 0.717) is 37.6 Å². The van der Waals surface area contributed by atoms with Crippen molar-refractivity contribution in [3.05, 3.63) is 12.5 Å². The summed E-state index contributed by atoms with van der Waals surface area (Å²) in [6, 6.07) is 0. The summed E-state index contributed by atoms with van der Waals surface area (Å²) < 4.78 is 28.3. The zero-order valence-corrected chi connectivity index (χ0v) is 14.8. The first-order chi connectivity index (χ1) is 11.9. The second-order valence-electron chi connectivity index (χ2n) is 7.11. The van der Waals surface area contributed by atoms with Gasteiger partial charge in [-0.1, -0.05) is 5.16 Å². The van der Waals surface area contributed by atoms with Crippen LogP contribution in [0.1, 0.15) is 25.7 Å². The summed E-state index contributed by atoms with van der Waals surface area (Å²) in [4.78, 5) is 21.6. The summed E-state index contributed by atoms with van der Waals surface area (Å²) in [5.41, 5.74) is -0.397. The topological polar surface area (TPSA) is 106 Å². The highest BCUT2D eigenvalue weighted by Gasteiger charge is 2.50. The molecule has 0 bridgehead atoms. The molecule has 1 amide bonds. The van der Waals surface area contributed by atoms with Gasteiger partial charge < -0.3 is 14.7 Å². The predicted octanol–water partition coefficient (Wildman–Crippen LogP) is -0.144. The molecule has 10 heteroatoms. The number of hydrogen-bond acceptors (Lipinski definition) is 6. The van der Waals surface area contributed by atoms with E-state index in [1.807, 2.05) is 0 Å². The van der Waals surface area contributed by atoms with Crippen molar-refractivity contribution in [2.75, 3.05) is 19.6 Å². The summed E-state index contributed by atoms with van der Waals surface area (Å²) in [5, 5.41) is 6.82. The summed E-state index contributed by atoms with van der Waals surface area (Å²) in [7, 11) is -1.94. The van der Waals surface area contributed by atoms with Gasteiger partial charge in [-0.15, -0.1) is 0 Å². The summed E-state index contributed by atoms with van der Waals surface area (Å²) in [6.07, 6.45) is 6.08. The zero-order chi connectivity index (χ0) is 17.7. The van der Waals surface area contributed by atoms with E-state index in [1.54, 1.807) is 11.6 Å². The number of nitrogens with zero attached hydrogens (tertiary/aromatic N) is 4. The first-order valence-electron chi connectivity index (χ1n) is 8.39. The first-order valence-corrected chi connectivity index (χ1v) is 9.83. The Kier molecular flexibility index (Phi) is 3.84. The molecule has 4 rings (SSSR count). The van der Waals surface area contributed by atoms with Crippen molar-refractivity contribution in [3.8, 4) is 0 Å². The van der Waals surface area contributed by atoms with Crippen molar-refractivity contribution < 1.29 is 18.0 Å². The number of carbonyl (C=O) groups is 1. The number of aromatic nitrogens is 2. The zero-order valence-electron chi connectivity index (χ0n) is 14.0. The van der Waals surface area contributed by atoms with Gasteiger partial charge in [0, 0.05) is 39.2 Å². The molecule has 1 spiro atoms. The Morgan fingerprint density at radius 1 is 1.48 bits per heavy atom. The van der Waals surface area contributed by atoms with Gasteiger partial charge in [-0.25, -0.2) is 13.4 Å². The summed E-state index contributed by atoms with van der Waals surface area (Å²) in [6.45, 7) is 1.17. The van der Waals surface area contributed by atoms with E-state index in [4.69, 9.17) is 4.84 Å². The van der Waals surface area contributed by atoms with Crippen molar-refractivity contribution in [2.45, 2.75) is 36.3 Å². The molecule has 1 saturated carbocycles. The number of rotatable bonds is 5. The van der Waals surface area contributed by atoms with Gasteiger partial charge in [-0.2, -0.15) is 4.31 Å². The van der Waals surface area contributed by atoms with Crippen molar-refractivity contribution in [1.29, 1.82) is 0 Å². The Morgan fingerprint density at radius 2 is 2.28 bits per heavy atom. The largest absolute Gasteiger partial charge is 0.387 e. The normalized spacial score (nSPS) is 26.7. The molecular formula is C15H21N5O4S. The fourth-order valence-electron chi connectivity index (χ4n) is 3.19. The van der Waals surface area contributed by atoms with Crippen LogP contribution in [0.5, 0.6) is 0 Å². The molecule has 1 aromatic rings. The number of aryl methyl sites for hydroxylation is 1. The van der Waals surface area contributed by atoms with Crippen LogP contribution >= 0.6 is 0 Å². The van der Waals surface area contributed by atoms with E-state index in [1.165, 1.54) is 16.8 Å². The third-order valence-electron chi connectivity index (χ3n) is 4.92. The van der Waals surface area contributed by atoms with Gasteiger partial charge in [0.25, 0.3) is 15.9 Å². The van der Waals surface area contributed by atoms with Crippen LogP contribution in [0.2, 0.25) is 0 Å². The van der Waals surface area contributed by atoms with Gasteiger partial charge in [0.2, 0.25) is 0 Å². The molecule has 1 saturated heterocycles. The van der Waals surface area contributed by atoms with Crippen LogP contribution < -0.4 is 5.32 Å². The van der Waals surface area contributed by atoms with E-state index < -0.39 is 15.6 Å². The summed E-state index contributed by atoms with van der Waals surface area (Å²) in [5.74, 6) is 0.376. The lowest BCUT2D eigenvalue weighted by molar-refractivity contribution is -0.115. The summed E-state index contributed by atoms with van der Waals surface area (Å²) >= 11 is 0. The van der Waals surface area contributed by atoms with Crippen LogP contribution in [0.3, 0.4) is 0 Å². The lowest BCUT2D eigenvalue weighted by Crippen LogP contribution is -2.38. The molecule has 9 nitrogen and oxygen atoms in total. The molecule has 2 aliphatic heterocycles. The molecule has 136 valence electrons. The Hall–Kier alpha value is -1.94. The van der Waals surface area contributed by atoms with Gasteiger partial charge in [0.05, 0.1) is 12.9 Å². The minimum atomic E-state index is -3.66. The van der Waals surface area contributed by atoms with E-state index in [0.717, 1.165) is 12.8 Å². The van der Waals surface area contributed by atoms with Crippen molar-refractivity contribution in [2.24, 2.45) is 18.1 Å². The molecule has 25 heavy (non-hydrogen) atoms. The van der Waals surface area contributed by atoms with E-state index in [2.05, 4.69) is 15.5 Å². The standard InChI is InChI=1S/C15H21N5O4S/c1-19-8-13(17-10-19)25(22,23)20-5-4-15(9-20)6-12(18-24-15)14(21)16-7-11-2-3-11/h8,10-11H,2-7,9H2,1H3,(H,16,21). The van der Waals surface area contributed by atoms with Crippen molar-refractivity contribution in [3.63, 3.8) is 0 Å². The minimum Gasteiger partial charge on any atom is -0.387 e. The Balaban J connectivity index is 1.40. The Morgan fingerprint density at radius 3 is 2.96 bits per heavy atom. The maximum atomic E-state index is 12.7. The van der Waals surface area contributed by atoms with Gasteiger partial charge in [-0.3, -0.25) is 4.79 Å². The molecule has 3 aliphatic rings. The second-order valence-corrected chi connectivity index (χ2v) is 8.99. The van der Waals surface area contributed by atoms with E-state index in [9.17, 15) is 13.2 Å². The number of oxime groups is 1. The fraction of sp³-hybridized carbons (Fsp3) is 0.667. The molecule has 2 fully saturated rings. The number of carbonyl (C=O) groups excluding carboxylic acids is 1. The minimum absolute atomic E-state index is 0.0216. The average Bonchev–Trinajstić information content (AvgIpc) is 2.98. The fourth-order valence-corrected chi connectivity index (χ4v) is 4.67. The molecule has 1 unspecified atom stereocenters.